The van der Waals surface area contributed by atoms with Crippen molar-refractivity contribution in [1.82, 2.24) is 0 Å². The average molecular weight is 699 g/mol. The summed E-state index contributed by atoms with van der Waals surface area (Å²) in [5.41, 5.74) is 0. The molecule has 0 atom stereocenters. The third-order valence-electron chi connectivity index (χ3n) is 7.49. The Hall–Kier alpha value is 1.16. The zero-order chi connectivity index (χ0) is 33.8. The summed E-state index contributed by atoms with van der Waals surface area (Å²) in [6.07, 6.45) is 42.1. The van der Waals surface area contributed by atoms with Crippen molar-refractivity contribution in [3.63, 3.8) is 0 Å². The molecule has 0 aliphatic rings. The van der Waals surface area contributed by atoms with Gasteiger partial charge in [0.25, 0.3) is 0 Å². The zero-order valence-corrected chi connectivity index (χ0v) is 33.0. The lowest BCUT2D eigenvalue weighted by atomic mass is 10.1. The maximum Gasteiger partial charge on any atom is 0.516 e. The van der Waals surface area contributed by atoms with E-state index in [0.29, 0.717) is 0 Å². The predicted molar refractivity (Wildman–Crippen MR) is 200 cm³/mol. The largest absolute Gasteiger partial charge is 0.822 e. The molecule has 0 aliphatic heterocycles. The van der Waals surface area contributed by atoms with Gasteiger partial charge in [-0.3, -0.25) is 0 Å². The molecule has 0 spiro atoms. The van der Waals surface area contributed by atoms with Gasteiger partial charge in [0.2, 0.25) is 17.3 Å². The molecule has 0 aromatic rings. The van der Waals surface area contributed by atoms with E-state index < -0.39 is 7.82 Å². The highest BCUT2D eigenvalue weighted by Crippen LogP contribution is 2.12. The van der Waals surface area contributed by atoms with Crippen LogP contribution < -0.4 is 14.7 Å². The van der Waals surface area contributed by atoms with E-state index in [1.54, 1.807) is 0 Å². The predicted octanol–water partition coefficient (Wildman–Crippen LogP) is 10.5. The van der Waals surface area contributed by atoms with Crippen LogP contribution in [-0.4, -0.2) is 17.3 Å². The summed E-state index contributed by atoms with van der Waals surface area (Å²) in [7, 11) is -5.39. The molecule has 0 bridgehead atoms. The average Bonchev–Trinajstić information content (AvgIpc) is 2.98. The van der Waals surface area contributed by atoms with Crippen LogP contribution in [0.15, 0.2) is 0 Å². The molecule has 4 nitrogen and oxygen atoms in total. The van der Waals surface area contributed by atoms with E-state index in [1.165, 1.54) is 193 Å². The lowest BCUT2D eigenvalue weighted by molar-refractivity contribution is -0.432. The van der Waals surface area contributed by atoms with Gasteiger partial charge in [-0.25, -0.2) is 0 Å². The van der Waals surface area contributed by atoms with Crippen LogP contribution in [0.2, 0.25) is 0 Å². The molecule has 0 N–H and O–H groups in total. The van der Waals surface area contributed by atoms with E-state index in [0.717, 1.165) is 17.3 Å². The lowest BCUT2D eigenvalue weighted by Gasteiger charge is -2.36. The fraction of sp³-hybridized carbons (Fsp3) is 1.00. The van der Waals surface area contributed by atoms with Gasteiger partial charge in [0, 0.05) is 19.3 Å². The normalized spacial score (nSPS) is 10.8. The van der Waals surface area contributed by atoms with Crippen LogP contribution in [0, 0.1) is 0 Å². The monoisotopic (exact) mass is 698 g/mol. The molecule has 0 aliphatic carbocycles. The highest BCUT2D eigenvalue weighted by atomic mass is 32.1. The van der Waals surface area contributed by atoms with Gasteiger partial charge in [0.1, 0.15) is 0 Å². The first-order chi connectivity index (χ1) is 21.2. The van der Waals surface area contributed by atoms with Crippen LogP contribution in [0.25, 0.3) is 0 Å². The van der Waals surface area contributed by atoms with Crippen molar-refractivity contribution in [2.24, 2.45) is 0 Å². The van der Waals surface area contributed by atoms with Crippen LogP contribution in [-0.2, 0) is 42.5 Å². The van der Waals surface area contributed by atoms with Gasteiger partial charge >= 0.3 is 37.9 Å². The van der Waals surface area contributed by atoms with E-state index >= 15 is 0 Å². The Labute approximate surface area is 294 Å². The molecule has 0 rings (SSSR count). The summed E-state index contributed by atoms with van der Waals surface area (Å²) in [5.74, 6) is 2.86. The zero-order valence-electron chi connectivity index (χ0n) is 29.6. The summed E-state index contributed by atoms with van der Waals surface area (Å²) in [4.78, 5) is 25.6. The Kier molecular flexibility index (Phi) is 60.3. The minimum Gasteiger partial charge on any atom is -0.822 e. The molecule has 0 saturated carbocycles. The van der Waals surface area contributed by atoms with Gasteiger partial charge in [-0.05, 0) is 19.3 Å². The Morgan fingerprint density at radius 1 is 0.318 bits per heavy atom. The number of hydrogen-bond donors (Lipinski definition) is 0. The Bertz CT molecular complexity index is 405. The van der Waals surface area contributed by atoms with E-state index in [1.807, 2.05) is 0 Å². The fourth-order valence-corrected chi connectivity index (χ4v) is 5.38. The van der Waals surface area contributed by atoms with Crippen molar-refractivity contribution in [3.05, 3.63) is 0 Å². The van der Waals surface area contributed by atoms with Crippen LogP contribution in [0.5, 0.6) is 0 Å². The van der Waals surface area contributed by atoms with Gasteiger partial charge in [-0.2, -0.15) is 7.82 Å². The van der Waals surface area contributed by atoms with Gasteiger partial charge < -0.3 is 19.2 Å². The highest BCUT2D eigenvalue weighted by Gasteiger charge is 1.97. The quantitative estimate of drug-likeness (QED) is 0.0424. The van der Waals surface area contributed by atoms with Crippen molar-refractivity contribution in [1.29, 1.82) is 0 Å². The molecule has 266 valence electrons. The maximum atomic E-state index is 8.55. The van der Waals surface area contributed by atoms with Crippen molar-refractivity contribution in [2.45, 2.75) is 213 Å². The standard InChI is InChI=1S/3C12H25S.H3O4P/c3*1-2-3-4-5-6-7-8-9-10-11-12-13;1-5(2,3)4/h3*2-12H2,1H3;(H3,1,2,3,4)/q3*+1;/p-3. The van der Waals surface area contributed by atoms with Crippen molar-refractivity contribution >= 4 is 45.7 Å². The van der Waals surface area contributed by atoms with Gasteiger partial charge in [-0.1, -0.05) is 175 Å². The molecule has 44 heavy (non-hydrogen) atoms. The molecular formula is C36H75O4PS3. The summed E-state index contributed by atoms with van der Waals surface area (Å²) in [6.45, 7) is 6.82. The van der Waals surface area contributed by atoms with Gasteiger partial charge in [0.05, 0.1) is 0 Å². The third kappa shape index (κ3) is 79.0. The molecule has 0 heterocycles. The minimum absolute atomic E-state index is 0.955. The maximum absolute atomic E-state index is 8.55. The van der Waals surface area contributed by atoms with Gasteiger partial charge in [-0.15, -0.1) is 0 Å². The number of rotatable bonds is 30. The topological polar surface area (TPSA) is 86.2 Å². The number of hydrogen-bond acceptors (Lipinski definition) is 4. The molecule has 6 radical (unpaired) electrons. The molecule has 0 amide bonds. The van der Waals surface area contributed by atoms with E-state index in [4.69, 9.17) is 57.1 Å². The van der Waals surface area contributed by atoms with Crippen molar-refractivity contribution < 1.29 is 19.2 Å². The Balaban J connectivity index is -0.000000253. The smallest absolute Gasteiger partial charge is 0.516 e. The minimum atomic E-state index is -5.39. The van der Waals surface area contributed by atoms with Crippen LogP contribution in [0.3, 0.4) is 0 Å². The highest BCUT2D eigenvalue weighted by molar-refractivity contribution is 7.58. The molecule has 8 heteroatoms. The first-order valence-electron chi connectivity index (χ1n) is 18.7. The molecule has 0 unspecified atom stereocenters. The van der Waals surface area contributed by atoms with Crippen LogP contribution >= 0.6 is 7.82 Å². The Morgan fingerprint density at radius 3 is 0.545 bits per heavy atom. The summed E-state index contributed by atoms with van der Waals surface area (Å²) in [5, 5.41) is 0. The molecule has 0 aromatic heterocycles. The van der Waals surface area contributed by atoms with Crippen molar-refractivity contribution in [2.75, 3.05) is 17.3 Å². The van der Waals surface area contributed by atoms with E-state index in [-0.39, 0.29) is 0 Å². The second-order valence-electron chi connectivity index (χ2n) is 12.1. The number of unbranched alkanes of at least 4 members (excludes halogenated alkanes) is 27. The molecule has 0 aromatic carbocycles. The first-order valence-corrected chi connectivity index (χ1v) is 21.9. The second-order valence-corrected chi connectivity index (χ2v) is 14.2. The fourth-order valence-electron chi connectivity index (χ4n) is 4.77. The molecular weight excluding hydrogens is 624 g/mol. The molecule has 0 fully saturated rings. The lowest BCUT2D eigenvalue weighted by Crippen LogP contribution is -2.24. The van der Waals surface area contributed by atoms with Crippen LogP contribution in [0.1, 0.15) is 213 Å². The van der Waals surface area contributed by atoms with E-state index in [9.17, 15) is 0 Å². The third-order valence-corrected chi connectivity index (χ3v) is 8.36. The summed E-state index contributed by atoms with van der Waals surface area (Å²) >= 11 is 14.7. The molecule has 0 saturated heterocycles. The van der Waals surface area contributed by atoms with E-state index in [2.05, 4.69) is 20.8 Å². The van der Waals surface area contributed by atoms with Crippen LogP contribution in [0.4, 0.5) is 0 Å². The second kappa shape index (κ2) is 51.0. The van der Waals surface area contributed by atoms with Gasteiger partial charge in [0.15, 0.2) is 0 Å². The Morgan fingerprint density at radius 2 is 0.432 bits per heavy atom. The summed E-state index contributed by atoms with van der Waals surface area (Å²) < 4.78 is 8.55. The first kappa shape index (κ1) is 52.0. The number of phosphoric acid groups is 1. The van der Waals surface area contributed by atoms with Crippen molar-refractivity contribution in [3.8, 4) is 0 Å². The SMILES string of the molecule is CCCCCCCCCCCC[S+].CCCCCCCCCCCC[S+].CCCCCCCCCCCC[S+].O=P([O-])([O-])[O-]. The summed E-state index contributed by atoms with van der Waals surface area (Å²) in [6, 6.07) is 0.